The number of thioether (sulfide) groups is 1. The number of pyridine rings is 1. The van der Waals surface area contributed by atoms with Crippen LogP contribution in [-0.2, 0) is 4.79 Å². The summed E-state index contributed by atoms with van der Waals surface area (Å²) in [5.41, 5.74) is 1.73. The maximum atomic E-state index is 13.2. The number of aromatic nitrogens is 2. The fourth-order valence-electron chi connectivity index (χ4n) is 3.15. The molecule has 2 aromatic rings. The van der Waals surface area contributed by atoms with Crippen molar-refractivity contribution >= 4 is 51.7 Å². The molecule has 1 N–H and O–H groups in total. The number of fused-ring (bicyclic) bond motifs is 1. The highest BCUT2D eigenvalue weighted by Crippen LogP contribution is 2.33. The SMILES string of the molecule is CCCCCNc1nc2ccc(C)cn2c(=O)c1/C=C1/SC(=S)N(CCC)C1=O. The van der Waals surface area contributed by atoms with Crippen molar-refractivity contribution in [3.8, 4) is 0 Å². The second kappa shape index (κ2) is 9.54. The number of aryl methyl sites for hydroxylation is 1. The van der Waals surface area contributed by atoms with Gasteiger partial charge in [0, 0.05) is 19.3 Å². The van der Waals surface area contributed by atoms with Crippen LogP contribution in [0.2, 0.25) is 0 Å². The van der Waals surface area contributed by atoms with Crippen LogP contribution in [0.25, 0.3) is 11.7 Å². The van der Waals surface area contributed by atoms with E-state index in [9.17, 15) is 9.59 Å². The molecule has 0 radical (unpaired) electrons. The van der Waals surface area contributed by atoms with Gasteiger partial charge in [0.15, 0.2) is 0 Å². The second-order valence-corrected chi connectivity index (χ2v) is 8.76. The summed E-state index contributed by atoms with van der Waals surface area (Å²) in [6.45, 7) is 7.38. The first-order valence-corrected chi connectivity index (χ1v) is 11.2. The van der Waals surface area contributed by atoms with Crippen LogP contribution in [0.15, 0.2) is 28.0 Å². The molecule has 6 nitrogen and oxygen atoms in total. The fraction of sp³-hybridized carbons (Fsp3) is 0.429. The molecule has 3 rings (SSSR count). The average Bonchev–Trinajstić information content (AvgIpc) is 2.96. The van der Waals surface area contributed by atoms with Crippen molar-refractivity contribution < 1.29 is 4.79 Å². The van der Waals surface area contributed by atoms with Crippen molar-refractivity contribution in [1.29, 1.82) is 0 Å². The highest BCUT2D eigenvalue weighted by Gasteiger charge is 2.31. The number of thiocarbonyl (C=S) groups is 1. The Morgan fingerprint density at radius 2 is 2.00 bits per heavy atom. The van der Waals surface area contributed by atoms with Gasteiger partial charge >= 0.3 is 0 Å². The Morgan fingerprint density at radius 1 is 1.21 bits per heavy atom. The molecule has 1 fully saturated rings. The topological polar surface area (TPSA) is 66.7 Å². The van der Waals surface area contributed by atoms with Crippen LogP contribution >= 0.6 is 24.0 Å². The van der Waals surface area contributed by atoms with Gasteiger partial charge in [0.25, 0.3) is 11.5 Å². The molecule has 0 aliphatic carbocycles. The van der Waals surface area contributed by atoms with Crippen LogP contribution in [0.3, 0.4) is 0 Å². The lowest BCUT2D eigenvalue weighted by molar-refractivity contribution is -0.122. The molecule has 0 aromatic carbocycles. The van der Waals surface area contributed by atoms with Gasteiger partial charge in [-0.3, -0.25) is 18.9 Å². The van der Waals surface area contributed by atoms with Gasteiger partial charge in [0.05, 0.1) is 10.5 Å². The van der Waals surface area contributed by atoms with E-state index in [1.54, 1.807) is 17.2 Å². The van der Waals surface area contributed by atoms with Gasteiger partial charge in [0.2, 0.25) is 0 Å². The lowest BCUT2D eigenvalue weighted by Gasteiger charge is -2.12. The Balaban J connectivity index is 2.06. The van der Waals surface area contributed by atoms with Gasteiger partial charge < -0.3 is 5.32 Å². The minimum atomic E-state index is -0.197. The number of nitrogens with zero attached hydrogens (tertiary/aromatic N) is 3. The zero-order valence-electron chi connectivity index (χ0n) is 17.0. The van der Waals surface area contributed by atoms with Crippen LogP contribution in [0.4, 0.5) is 5.82 Å². The molecule has 0 unspecified atom stereocenters. The van der Waals surface area contributed by atoms with Crippen LogP contribution in [-0.4, -0.2) is 37.6 Å². The second-order valence-electron chi connectivity index (χ2n) is 7.08. The Hall–Kier alpha value is -2.19. The van der Waals surface area contributed by atoms with E-state index in [0.717, 1.165) is 37.8 Å². The molecule has 0 saturated carbocycles. The van der Waals surface area contributed by atoms with Crippen molar-refractivity contribution in [3.05, 3.63) is 44.7 Å². The lowest BCUT2D eigenvalue weighted by Crippen LogP contribution is -2.28. The number of hydrogen-bond donors (Lipinski definition) is 1. The molecule has 1 aliphatic rings. The third-order valence-electron chi connectivity index (χ3n) is 4.67. The fourth-order valence-corrected chi connectivity index (χ4v) is 4.44. The van der Waals surface area contributed by atoms with Crippen LogP contribution in [0, 0.1) is 6.92 Å². The van der Waals surface area contributed by atoms with Crippen LogP contribution in [0.5, 0.6) is 0 Å². The number of anilines is 1. The number of carbonyl (C=O) groups excluding carboxylic acids is 1. The highest BCUT2D eigenvalue weighted by atomic mass is 32.2. The third kappa shape index (κ3) is 4.70. The summed E-state index contributed by atoms with van der Waals surface area (Å²) in [6.07, 6.45) is 7.44. The number of carbonyl (C=O) groups is 1. The number of rotatable bonds is 8. The summed E-state index contributed by atoms with van der Waals surface area (Å²) in [4.78, 5) is 32.7. The zero-order chi connectivity index (χ0) is 21.0. The molecular weight excluding hydrogens is 404 g/mol. The lowest BCUT2D eigenvalue weighted by atomic mass is 10.2. The Kier molecular flexibility index (Phi) is 7.08. The van der Waals surface area contributed by atoms with Crippen LogP contribution < -0.4 is 10.9 Å². The summed E-state index contributed by atoms with van der Waals surface area (Å²) in [7, 11) is 0. The number of amides is 1. The molecule has 154 valence electrons. The van der Waals surface area contributed by atoms with E-state index in [1.165, 1.54) is 16.2 Å². The van der Waals surface area contributed by atoms with Crippen molar-refractivity contribution in [2.45, 2.75) is 46.5 Å². The maximum Gasteiger partial charge on any atom is 0.267 e. The highest BCUT2D eigenvalue weighted by molar-refractivity contribution is 8.26. The maximum absolute atomic E-state index is 13.2. The van der Waals surface area contributed by atoms with Gasteiger partial charge in [-0.15, -0.1) is 0 Å². The third-order valence-corrected chi connectivity index (χ3v) is 6.05. The summed E-state index contributed by atoms with van der Waals surface area (Å²) in [5, 5.41) is 3.30. The van der Waals surface area contributed by atoms with E-state index < -0.39 is 0 Å². The standard InChI is InChI=1S/C21H26N4O2S2/c1-4-6-7-10-22-18-15(12-16-20(27)24(11-5-2)21(28)29-16)19(26)25-13-14(3)8-9-17(25)23-18/h8-9,12-13,22H,4-7,10-11H2,1-3H3/b16-12+. The van der Waals surface area contributed by atoms with Crippen LogP contribution in [0.1, 0.15) is 50.7 Å². The smallest absolute Gasteiger partial charge is 0.267 e. The first-order valence-electron chi connectivity index (χ1n) is 9.98. The van der Waals surface area contributed by atoms with E-state index in [1.807, 2.05) is 26.0 Å². The average molecular weight is 431 g/mol. The Morgan fingerprint density at radius 3 is 2.72 bits per heavy atom. The van der Waals surface area contributed by atoms with E-state index >= 15 is 0 Å². The molecular formula is C21H26N4O2S2. The monoisotopic (exact) mass is 430 g/mol. The van der Waals surface area contributed by atoms with Gasteiger partial charge in [0.1, 0.15) is 15.8 Å². The number of hydrogen-bond acceptors (Lipinski definition) is 6. The van der Waals surface area contributed by atoms with Crippen molar-refractivity contribution in [2.75, 3.05) is 18.4 Å². The Bertz CT molecular complexity index is 1030. The predicted molar refractivity (Wildman–Crippen MR) is 124 cm³/mol. The largest absolute Gasteiger partial charge is 0.369 e. The molecule has 0 bridgehead atoms. The quantitative estimate of drug-likeness (QED) is 0.384. The minimum Gasteiger partial charge on any atom is -0.369 e. The summed E-state index contributed by atoms with van der Waals surface area (Å²) >= 11 is 6.59. The summed E-state index contributed by atoms with van der Waals surface area (Å²) in [5.74, 6) is 0.364. The Labute approximate surface area is 180 Å². The van der Waals surface area contributed by atoms with Crippen molar-refractivity contribution in [3.63, 3.8) is 0 Å². The predicted octanol–water partition coefficient (Wildman–Crippen LogP) is 4.22. The van der Waals surface area contributed by atoms with E-state index in [4.69, 9.17) is 12.2 Å². The number of unbranched alkanes of at least 4 members (excludes halogenated alkanes) is 2. The summed E-state index contributed by atoms with van der Waals surface area (Å²) < 4.78 is 2.07. The normalized spacial score (nSPS) is 15.7. The molecule has 29 heavy (non-hydrogen) atoms. The van der Waals surface area contributed by atoms with Gasteiger partial charge in [-0.2, -0.15) is 0 Å². The molecule has 1 aliphatic heterocycles. The van der Waals surface area contributed by atoms with Crippen molar-refractivity contribution in [1.82, 2.24) is 14.3 Å². The molecule has 1 saturated heterocycles. The summed E-state index contributed by atoms with van der Waals surface area (Å²) in [6, 6.07) is 3.76. The van der Waals surface area contributed by atoms with Crippen molar-refractivity contribution in [2.24, 2.45) is 0 Å². The minimum absolute atomic E-state index is 0.146. The number of nitrogens with one attached hydrogen (secondary N) is 1. The zero-order valence-corrected chi connectivity index (χ0v) is 18.7. The molecule has 8 heteroatoms. The van der Waals surface area contributed by atoms with E-state index in [-0.39, 0.29) is 11.5 Å². The molecule has 1 amide bonds. The van der Waals surface area contributed by atoms with Gasteiger partial charge in [-0.05, 0) is 37.5 Å². The first kappa shape index (κ1) is 21.5. The molecule has 2 aromatic heterocycles. The van der Waals surface area contributed by atoms with E-state index in [2.05, 4.69) is 17.2 Å². The van der Waals surface area contributed by atoms with Gasteiger partial charge in [-0.25, -0.2) is 4.98 Å². The molecule has 0 atom stereocenters. The molecule has 0 spiro atoms. The van der Waals surface area contributed by atoms with E-state index in [0.29, 0.717) is 32.8 Å². The van der Waals surface area contributed by atoms with Gasteiger partial charge in [-0.1, -0.05) is 56.7 Å². The molecule has 3 heterocycles. The first-order chi connectivity index (χ1) is 14.0.